The highest BCUT2D eigenvalue weighted by molar-refractivity contribution is 7.93. The molecule has 3 aromatic rings. The fourth-order valence-corrected chi connectivity index (χ4v) is 3.75. The van der Waals surface area contributed by atoms with Gasteiger partial charge in [-0.2, -0.15) is 4.36 Å². The van der Waals surface area contributed by atoms with Crippen LogP contribution in [0.1, 0.15) is 32.6 Å². The van der Waals surface area contributed by atoms with Crippen molar-refractivity contribution in [3.8, 4) is 11.8 Å². The van der Waals surface area contributed by atoms with Crippen molar-refractivity contribution >= 4 is 15.6 Å². The van der Waals surface area contributed by atoms with Gasteiger partial charge in [-0.1, -0.05) is 36.1 Å². The number of carbonyl (C=O) groups excluding carboxylic acids is 1. The number of carbonyl (C=O) groups is 1. The molecular weight excluding hydrogens is 368 g/mol. The molecule has 1 atom stereocenters. The van der Waals surface area contributed by atoms with E-state index in [1.54, 1.807) is 18.3 Å². The SMILES string of the molecule is Cc1ccc(S(C)(=O)=NC(=O)c2cncc(C#Cc3ccccc3)c2)cc1C. The number of hydrogen-bond acceptors (Lipinski definition) is 3. The van der Waals surface area contributed by atoms with Gasteiger partial charge in [-0.3, -0.25) is 9.78 Å². The molecule has 0 N–H and O–H groups in total. The van der Waals surface area contributed by atoms with Gasteiger partial charge in [-0.05, 0) is 55.3 Å². The molecule has 1 unspecified atom stereocenters. The van der Waals surface area contributed by atoms with Crippen LogP contribution in [0.5, 0.6) is 0 Å². The van der Waals surface area contributed by atoms with E-state index in [9.17, 15) is 9.00 Å². The smallest absolute Gasteiger partial charge is 0.266 e. The lowest BCUT2D eigenvalue weighted by Crippen LogP contribution is -2.05. The van der Waals surface area contributed by atoms with Crippen molar-refractivity contribution in [2.24, 2.45) is 4.36 Å². The molecule has 0 radical (unpaired) electrons. The molecule has 1 aromatic heterocycles. The molecule has 0 bridgehead atoms. The second-order valence-corrected chi connectivity index (χ2v) is 8.78. The Kier molecular flexibility index (Phi) is 5.72. The van der Waals surface area contributed by atoms with Crippen LogP contribution in [0, 0.1) is 25.7 Å². The van der Waals surface area contributed by atoms with Gasteiger partial charge in [0, 0.05) is 34.7 Å². The molecule has 1 amide bonds. The zero-order valence-electron chi connectivity index (χ0n) is 16.0. The summed E-state index contributed by atoms with van der Waals surface area (Å²) in [7, 11) is -2.85. The molecule has 0 spiro atoms. The molecular formula is C23H20N2O2S. The monoisotopic (exact) mass is 388 g/mol. The van der Waals surface area contributed by atoms with Crippen LogP contribution in [-0.4, -0.2) is 21.4 Å². The Morgan fingerprint density at radius 3 is 2.36 bits per heavy atom. The zero-order chi connectivity index (χ0) is 20.1. The van der Waals surface area contributed by atoms with Gasteiger partial charge in [0.05, 0.1) is 15.3 Å². The quantitative estimate of drug-likeness (QED) is 0.612. The number of amides is 1. The lowest BCUT2D eigenvalue weighted by molar-refractivity contribution is 0.100. The summed E-state index contributed by atoms with van der Waals surface area (Å²) in [6, 6.07) is 16.6. The Labute approximate surface area is 165 Å². The van der Waals surface area contributed by atoms with E-state index in [-0.39, 0.29) is 5.56 Å². The standard InChI is InChI=1S/C23H20N2O2S/c1-17-9-12-22(13-18(17)2)28(3,27)25-23(26)21-14-20(15-24-16-21)11-10-19-7-5-4-6-8-19/h4-9,12-16H,1-3H3. The van der Waals surface area contributed by atoms with Crippen LogP contribution in [0.25, 0.3) is 0 Å². The van der Waals surface area contributed by atoms with Crippen molar-refractivity contribution < 1.29 is 9.00 Å². The lowest BCUT2D eigenvalue weighted by atomic mass is 10.1. The van der Waals surface area contributed by atoms with Gasteiger partial charge in [-0.15, -0.1) is 0 Å². The number of nitrogens with zero attached hydrogens (tertiary/aromatic N) is 2. The van der Waals surface area contributed by atoms with E-state index in [1.807, 2.05) is 56.3 Å². The van der Waals surface area contributed by atoms with Crippen LogP contribution >= 0.6 is 0 Å². The maximum Gasteiger partial charge on any atom is 0.286 e. The minimum atomic E-state index is -2.85. The van der Waals surface area contributed by atoms with E-state index in [0.717, 1.165) is 16.7 Å². The summed E-state index contributed by atoms with van der Waals surface area (Å²) in [6.45, 7) is 3.92. The van der Waals surface area contributed by atoms with Crippen LogP contribution < -0.4 is 0 Å². The molecule has 2 aromatic carbocycles. The largest absolute Gasteiger partial charge is 0.286 e. The summed E-state index contributed by atoms with van der Waals surface area (Å²) in [5.41, 5.74) is 3.83. The summed E-state index contributed by atoms with van der Waals surface area (Å²) in [5.74, 6) is 5.44. The number of hydrogen-bond donors (Lipinski definition) is 0. The minimum Gasteiger partial charge on any atom is -0.266 e. The second-order valence-electron chi connectivity index (χ2n) is 6.52. The lowest BCUT2D eigenvalue weighted by Gasteiger charge is -2.07. The third-order valence-electron chi connectivity index (χ3n) is 4.28. The highest BCUT2D eigenvalue weighted by Gasteiger charge is 2.12. The van der Waals surface area contributed by atoms with Gasteiger partial charge < -0.3 is 0 Å². The molecule has 3 rings (SSSR count). The molecule has 0 saturated heterocycles. The molecule has 28 heavy (non-hydrogen) atoms. The fraction of sp³-hybridized carbons (Fsp3) is 0.130. The van der Waals surface area contributed by atoms with Crippen molar-refractivity contribution in [1.29, 1.82) is 0 Å². The van der Waals surface area contributed by atoms with Gasteiger partial charge in [-0.25, -0.2) is 4.21 Å². The highest BCUT2D eigenvalue weighted by Crippen LogP contribution is 2.17. The summed E-state index contributed by atoms with van der Waals surface area (Å²) in [5, 5.41) is 0. The van der Waals surface area contributed by atoms with Crippen LogP contribution in [0.2, 0.25) is 0 Å². The first-order valence-electron chi connectivity index (χ1n) is 8.71. The Morgan fingerprint density at radius 2 is 1.64 bits per heavy atom. The van der Waals surface area contributed by atoms with Crippen LogP contribution in [-0.2, 0) is 9.73 Å². The van der Waals surface area contributed by atoms with E-state index in [4.69, 9.17) is 0 Å². The van der Waals surface area contributed by atoms with Gasteiger partial charge >= 0.3 is 0 Å². The van der Waals surface area contributed by atoms with E-state index >= 15 is 0 Å². The zero-order valence-corrected chi connectivity index (χ0v) is 16.8. The number of pyridine rings is 1. The molecule has 0 aliphatic rings. The molecule has 140 valence electrons. The van der Waals surface area contributed by atoms with Gasteiger partial charge in [0.15, 0.2) is 0 Å². The normalized spacial score (nSPS) is 12.4. The minimum absolute atomic E-state index is 0.262. The van der Waals surface area contributed by atoms with Crippen molar-refractivity contribution in [3.05, 3.63) is 94.8 Å². The molecule has 0 saturated carbocycles. The maximum absolute atomic E-state index is 13.0. The van der Waals surface area contributed by atoms with Crippen LogP contribution in [0.4, 0.5) is 0 Å². The number of rotatable bonds is 2. The van der Waals surface area contributed by atoms with Crippen LogP contribution in [0.15, 0.2) is 76.2 Å². The van der Waals surface area contributed by atoms with Crippen molar-refractivity contribution in [3.63, 3.8) is 0 Å². The average molecular weight is 388 g/mol. The summed E-state index contributed by atoms with van der Waals surface area (Å²) < 4.78 is 17.0. The van der Waals surface area contributed by atoms with E-state index in [2.05, 4.69) is 21.2 Å². The molecule has 1 heterocycles. The molecule has 0 aliphatic heterocycles. The molecule has 0 aliphatic carbocycles. The van der Waals surface area contributed by atoms with Gasteiger partial charge in [0.25, 0.3) is 5.91 Å². The third kappa shape index (κ3) is 4.73. The maximum atomic E-state index is 13.0. The fourth-order valence-electron chi connectivity index (χ4n) is 2.50. The van der Waals surface area contributed by atoms with Crippen LogP contribution in [0.3, 0.4) is 0 Å². The summed E-state index contributed by atoms with van der Waals surface area (Å²) in [6.07, 6.45) is 4.47. The van der Waals surface area contributed by atoms with Crippen molar-refractivity contribution in [2.75, 3.05) is 6.26 Å². The van der Waals surface area contributed by atoms with Crippen molar-refractivity contribution in [1.82, 2.24) is 4.98 Å². The number of benzene rings is 2. The number of aromatic nitrogens is 1. The Bertz CT molecular complexity index is 1210. The van der Waals surface area contributed by atoms with Gasteiger partial charge in [0.2, 0.25) is 0 Å². The summed E-state index contributed by atoms with van der Waals surface area (Å²) in [4.78, 5) is 17.2. The van der Waals surface area contributed by atoms with Gasteiger partial charge in [0.1, 0.15) is 0 Å². The summed E-state index contributed by atoms with van der Waals surface area (Å²) >= 11 is 0. The first-order chi connectivity index (χ1) is 13.3. The second kappa shape index (κ2) is 8.20. The first-order valence-corrected chi connectivity index (χ1v) is 10.6. The predicted molar refractivity (Wildman–Crippen MR) is 112 cm³/mol. The van der Waals surface area contributed by atoms with E-state index < -0.39 is 15.6 Å². The highest BCUT2D eigenvalue weighted by atomic mass is 32.2. The molecule has 4 nitrogen and oxygen atoms in total. The van der Waals surface area contributed by atoms with E-state index in [0.29, 0.717) is 10.5 Å². The Hall–Kier alpha value is -3.23. The molecule has 5 heteroatoms. The Balaban J connectivity index is 1.90. The average Bonchev–Trinajstić information content (AvgIpc) is 2.69. The van der Waals surface area contributed by atoms with E-state index in [1.165, 1.54) is 12.5 Å². The first kappa shape index (κ1) is 19.5. The molecule has 0 fully saturated rings. The van der Waals surface area contributed by atoms with Crippen molar-refractivity contribution in [2.45, 2.75) is 18.7 Å². The predicted octanol–water partition coefficient (Wildman–Crippen LogP) is 4.40. The third-order valence-corrected chi connectivity index (χ3v) is 5.93. The number of aryl methyl sites for hydroxylation is 2. The topological polar surface area (TPSA) is 59.4 Å². The Morgan fingerprint density at radius 1 is 0.929 bits per heavy atom.